The smallest absolute Gasteiger partial charge is 0.422 e. The minimum atomic E-state index is -4.53. The van der Waals surface area contributed by atoms with E-state index in [2.05, 4.69) is 0 Å². The molecule has 2 rings (SSSR count). The van der Waals surface area contributed by atoms with Gasteiger partial charge >= 0.3 is 6.18 Å². The van der Waals surface area contributed by atoms with Gasteiger partial charge in [0.05, 0.1) is 5.02 Å². The zero-order chi connectivity index (χ0) is 17.2. The Hall–Kier alpha value is -1.50. The largest absolute Gasteiger partial charge is 0.482 e. The van der Waals surface area contributed by atoms with Gasteiger partial charge in [-0.05, 0) is 23.8 Å². The molecule has 0 bridgehead atoms. The molecular formula is C15H11Cl2F4NO. The number of ether oxygens (including phenoxy) is 1. The molecule has 2 aromatic carbocycles. The van der Waals surface area contributed by atoms with Crippen LogP contribution in [-0.4, -0.2) is 12.8 Å². The van der Waals surface area contributed by atoms with Gasteiger partial charge in [-0.3, -0.25) is 0 Å². The molecule has 2 aromatic rings. The maximum absolute atomic E-state index is 13.9. The first-order chi connectivity index (χ1) is 10.7. The number of hydrogen-bond acceptors (Lipinski definition) is 2. The quantitative estimate of drug-likeness (QED) is 0.753. The van der Waals surface area contributed by atoms with Crippen LogP contribution in [0.3, 0.4) is 0 Å². The molecule has 2 N–H and O–H groups in total. The summed E-state index contributed by atoms with van der Waals surface area (Å²) >= 11 is 11.8. The Balaban J connectivity index is 2.50. The van der Waals surface area contributed by atoms with Crippen molar-refractivity contribution in [2.45, 2.75) is 12.7 Å². The molecule has 0 amide bonds. The average Bonchev–Trinajstić information content (AvgIpc) is 2.44. The summed E-state index contributed by atoms with van der Waals surface area (Å²) in [4.78, 5) is 0. The lowest BCUT2D eigenvalue weighted by atomic mass is 10.0. The zero-order valence-electron chi connectivity index (χ0n) is 11.6. The second-order valence-corrected chi connectivity index (χ2v) is 5.52. The van der Waals surface area contributed by atoms with Crippen LogP contribution in [0.4, 0.5) is 17.6 Å². The van der Waals surface area contributed by atoms with Crippen molar-refractivity contribution in [2.75, 3.05) is 6.61 Å². The molecule has 0 aliphatic rings. The fourth-order valence-electron chi connectivity index (χ4n) is 1.96. The summed E-state index contributed by atoms with van der Waals surface area (Å²) in [6.07, 6.45) is -4.53. The van der Waals surface area contributed by atoms with Crippen molar-refractivity contribution in [1.82, 2.24) is 0 Å². The highest BCUT2D eigenvalue weighted by molar-refractivity contribution is 6.36. The van der Waals surface area contributed by atoms with Gasteiger partial charge < -0.3 is 10.5 Å². The van der Waals surface area contributed by atoms with Gasteiger partial charge in [-0.15, -0.1) is 0 Å². The van der Waals surface area contributed by atoms with E-state index in [1.54, 1.807) is 0 Å². The molecule has 2 nitrogen and oxygen atoms in total. The molecule has 23 heavy (non-hydrogen) atoms. The topological polar surface area (TPSA) is 35.2 Å². The number of benzene rings is 2. The third-order valence-electron chi connectivity index (χ3n) is 2.97. The summed E-state index contributed by atoms with van der Waals surface area (Å²) in [5, 5.41) is 0.0905. The molecule has 0 saturated carbocycles. The van der Waals surface area contributed by atoms with Gasteiger partial charge in [-0.1, -0.05) is 35.3 Å². The van der Waals surface area contributed by atoms with Crippen LogP contribution in [0.15, 0.2) is 30.3 Å². The summed E-state index contributed by atoms with van der Waals surface area (Å²) < 4.78 is 55.8. The highest BCUT2D eigenvalue weighted by Crippen LogP contribution is 2.40. The maximum atomic E-state index is 13.9. The number of hydrogen-bond donors (Lipinski definition) is 1. The molecule has 0 aliphatic heterocycles. The van der Waals surface area contributed by atoms with E-state index in [-0.39, 0.29) is 39.0 Å². The van der Waals surface area contributed by atoms with Crippen molar-refractivity contribution in [1.29, 1.82) is 0 Å². The van der Waals surface area contributed by atoms with Gasteiger partial charge in [0.2, 0.25) is 0 Å². The fourth-order valence-corrected chi connectivity index (χ4v) is 2.50. The van der Waals surface area contributed by atoms with Crippen molar-refractivity contribution < 1.29 is 22.3 Å². The fraction of sp³-hybridized carbons (Fsp3) is 0.200. The predicted molar refractivity (Wildman–Crippen MR) is 81.3 cm³/mol. The van der Waals surface area contributed by atoms with E-state index < -0.39 is 18.6 Å². The third-order valence-corrected chi connectivity index (χ3v) is 3.47. The lowest BCUT2D eigenvalue weighted by Crippen LogP contribution is -2.19. The Morgan fingerprint density at radius 3 is 2.35 bits per heavy atom. The van der Waals surface area contributed by atoms with Gasteiger partial charge in [0.1, 0.15) is 11.6 Å². The van der Waals surface area contributed by atoms with E-state index >= 15 is 0 Å². The highest BCUT2D eigenvalue weighted by atomic mass is 35.5. The summed E-state index contributed by atoms with van der Waals surface area (Å²) in [6.45, 7) is -1.52. The molecule has 0 unspecified atom stereocenters. The summed E-state index contributed by atoms with van der Waals surface area (Å²) in [6, 6.07) is 6.70. The van der Waals surface area contributed by atoms with Crippen molar-refractivity contribution >= 4 is 23.2 Å². The first-order valence-electron chi connectivity index (χ1n) is 6.38. The molecule has 0 aliphatic carbocycles. The van der Waals surface area contributed by atoms with Gasteiger partial charge in [-0.25, -0.2) is 4.39 Å². The first-order valence-corrected chi connectivity index (χ1v) is 7.14. The minimum Gasteiger partial charge on any atom is -0.482 e. The van der Waals surface area contributed by atoms with Gasteiger partial charge in [0.25, 0.3) is 0 Å². The van der Waals surface area contributed by atoms with E-state index in [0.29, 0.717) is 0 Å². The standard InChI is InChI=1S/C15H11Cl2F4NO/c16-10-4-11(8-1-2-9(6-22)13(18)3-8)14(12(17)5-10)23-7-15(19,20)21/h1-5H,6-7,22H2. The average molecular weight is 368 g/mol. The van der Waals surface area contributed by atoms with Crippen LogP contribution in [0.2, 0.25) is 10.0 Å². The van der Waals surface area contributed by atoms with Crippen LogP contribution in [-0.2, 0) is 6.54 Å². The van der Waals surface area contributed by atoms with E-state index in [4.69, 9.17) is 33.7 Å². The molecule has 0 heterocycles. The number of alkyl halides is 3. The van der Waals surface area contributed by atoms with Gasteiger partial charge in [0, 0.05) is 22.7 Å². The Labute approximate surface area is 139 Å². The Bertz CT molecular complexity index is 719. The monoisotopic (exact) mass is 367 g/mol. The van der Waals surface area contributed by atoms with E-state index in [1.807, 2.05) is 0 Å². The molecule has 8 heteroatoms. The summed E-state index contributed by atoms with van der Waals surface area (Å²) in [7, 11) is 0. The Kier molecular flexibility index (Phi) is 5.39. The lowest BCUT2D eigenvalue weighted by Gasteiger charge is -2.16. The molecule has 124 valence electrons. The first kappa shape index (κ1) is 17.8. The van der Waals surface area contributed by atoms with Crippen molar-refractivity contribution in [3.05, 3.63) is 51.8 Å². The SMILES string of the molecule is NCc1ccc(-c2cc(Cl)cc(Cl)c2OCC(F)(F)F)cc1F. The predicted octanol–water partition coefficient (Wildman–Crippen LogP) is 5.20. The molecule has 0 atom stereocenters. The Morgan fingerprint density at radius 2 is 1.78 bits per heavy atom. The van der Waals surface area contributed by atoms with Crippen molar-refractivity contribution in [2.24, 2.45) is 5.73 Å². The van der Waals surface area contributed by atoms with E-state index in [1.165, 1.54) is 24.3 Å². The summed E-state index contributed by atoms with van der Waals surface area (Å²) in [5.41, 5.74) is 6.10. The number of nitrogens with two attached hydrogens (primary N) is 1. The maximum Gasteiger partial charge on any atom is 0.422 e. The van der Waals surface area contributed by atoms with Crippen LogP contribution in [0, 0.1) is 5.82 Å². The van der Waals surface area contributed by atoms with Crippen LogP contribution < -0.4 is 10.5 Å². The summed E-state index contributed by atoms with van der Waals surface area (Å²) in [5.74, 6) is -0.795. The lowest BCUT2D eigenvalue weighted by molar-refractivity contribution is -0.153. The number of rotatable bonds is 4. The van der Waals surface area contributed by atoms with Gasteiger partial charge in [-0.2, -0.15) is 13.2 Å². The van der Waals surface area contributed by atoms with Crippen LogP contribution in [0.5, 0.6) is 5.75 Å². The van der Waals surface area contributed by atoms with Crippen LogP contribution in [0.25, 0.3) is 11.1 Å². The van der Waals surface area contributed by atoms with Crippen LogP contribution in [0.1, 0.15) is 5.56 Å². The van der Waals surface area contributed by atoms with Crippen molar-refractivity contribution in [3.63, 3.8) is 0 Å². The second-order valence-electron chi connectivity index (χ2n) is 4.68. The molecule has 0 aromatic heterocycles. The normalized spacial score (nSPS) is 11.6. The molecule has 0 radical (unpaired) electrons. The molecular weight excluding hydrogens is 357 g/mol. The minimum absolute atomic E-state index is 0.000153. The number of halogens is 6. The van der Waals surface area contributed by atoms with E-state index in [0.717, 1.165) is 6.07 Å². The second kappa shape index (κ2) is 6.95. The molecule has 0 saturated heterocycles. The van der Waals surface area contributed by atoms with Crippen LogP contribution >= 0.6 is 23.2 Å². The molecule has 0 fully saturated rings. The Morgan fingerprint density at radius 1 is 1.09 bits per heavy atom. The third kappa shape index (κ3) is 4.50. The zero-order valence-corrected chi connectivity index (χ0v) is 13.1. The highest BCUT2D eigenvalue weighted by Gasteiger charge is 2.29. The van der Waals surface area contributed by atoms with Crippen molar-refractivity contribution in [3.8, 4) is 16.9 Å². The van der Waals surface area contributed by atoms with Gasteiger partial charge in [0.15, 0.2) is 6.61 Å². The molecule has 0 spiro atoms. The van der Waals surface area contributed by atoms with E-state index in [9.17, 15) is 17.6 Å².